The smallest absolute Gasteiger partial charge is 0.103 e. The summed E-state index contributed by atoms with van der Waals surface area (Å²) in [7, 11) is 0. The van der Waals surface area contributed by atoms with Crippen LogP contribution in [-0.2, 0) is 6.42 Å². The van der Waals surface area contributed by atoms with Crippen molar-refractivity contribution in [2.45, 2.75) is 31.7 Å². The molecule has 1 fully saturated rings. The van der Waals surface area contributed by atoms with Crippen molar-refractivity contribution < 1.29 is 4.42 Å². The third kappa shape index (κ3) is 6.32. The fourth-order valence-electron chi connectivity index (χ4n) is 2.05. The van der Waals surface area contributed by atoms with Gasteiger partial charge in [0.25, 0.3) is 0 Å². The number of rotatable bonds is 5. The van der Waals surface area contributed by atoms with E-state index < -0.39 is 0 Å². The van der Waals surface area contributed by atoms with Crippen LogP contribution in [0.4, 0.5) is 0 Å². The first-order valence-electron chi connectivity index (χ1n) is 5.91. The molecular weight excluding hydrogens is 259 g/mol. The zero-order valence-corrected chi connectivity index (χ0v) is 11.6. The highest BCUT2D eigenvalue weighted by molar-refractivity contribution is 5.85. The van der Waals surface area contributed by atoms with Crippen molar-refractivity contribution >= 4 is 24.8 Å². The highest BCUT2D eigenvalue weighted by Gasteiger charge is 2.11. The van der Waals surface area contributed by atoms with Gasteiger partial charge < -0.3 is 15.1 Å². The molecule has 5 heteroatoms. The van der Waals surface area contributed by atoms with E-state index in [2.05, 4.69) is 10.6 Å². The maximum absolute atomic E-state index is 5.29. The summed E-state index contributed by atoms with van der Waals surface area (Å²) in [5.74, 6) is 1.10. The average Bonchev–Trinajstić information content (AvgIpc) is 2.79. The minimum absolute atomic E-state index is 0. The van der Waals surface area contributed by atoms with Crippen LogP contribution in [0, 0.1) is 0 Å². The molecule has 0 bridgehead atoms. The summed E-state index contributed by atoms with van der Waals surface area (Å²) in [6.45, 7) is 3.43. The van der Waals surface area contributed by atoms with E-state index in [1.807, 2.05) is 12.1 Å². The minimum atomic E-state index is 0. The lowest BCUT2D eigenvalue weighted by molar-refractivity contribution is 0.383. The van der Waals surface area contributed by atoms with Crippen LogP contribution >= 0.6 is 24.8 Å². The summed E-state index contributed by atoms with van der Waals surface area (Å²) < 4.78 is 5.29. The Bertz CT molecular complexity index is 261. The highest BCUT2D eigenvalue weighted by atomic mass is 35.5. The van der Waals surface area contributed by atoms with Crippen LogP contribution in [0.2, 0.25) is 0 Å². The number of furan rings is 1. The molecule has 1 aliphatic heterocycles. The van der Waals surface area contributed by atoms with Gasteiger partial charge in [0.2, 0.25) is 0 Å². The molecule has 2 heterocycles. The molecule has 1 aliphatic rings. The van der Waals surface area contributed by atoms with Crippen molar-refractivity contribution in [2.75, 3.05) is 19.6 Å². The van der Waals surface area contributed by atoms with Crippen LogP contribution in [0.15, 0.2) is 22.8 Å². The summed E-state index contributed by atoms with van der Waals surface area (Å²) in [5.41, 5.74) is 0. The molecule has 1 aromatic rings. The van der Waals surface area contributed by atoms with Crippen LogP contribution in [-0.4, -0.2) is 25.7 Å². The molecule has 100 valence electrons. The molecule has 0 aliphatic carbocycles. The second-order valence-corrected chi connectivity index (χ2v) is 4.16. The third-order valence-electron chi connectivity index (χ3n) is 2.95. The number of halogens is 2. The first-order valence-corrected chi connectivity index (χ1v) is 5.91. The number of nitrogens with one attached hydrogen (secondary N) is 2. The normalized spacial score (nSPS) is 16.0. The summed E-state index contributed by atoms with van der Waals surface area (Å²) in [5, 5.41) is 6.97. The van der Waals surface area contributed by atoms with Crippen molar-refractivity contribution in [3.63, 3.8) is 0 Å². The maximum atomic E-state index is 5.29. The molecule has 0 unspecified atom stereocenters. The molecule has 2 rings (SSSR count). The van der Waals surface area contributed by atoms with E-state index in [9.17, 15) is 0 Å². The Morgan fingerprint density at radius 3 is 2.71 bits per heavy atom. The standard InChI is InChI=1S/C12H20N2O.2ClH/c1(3-12-4-2-10-15-12)7-14-11-5-8-13-9-6-11;;/h2,4,10-11,13-14H,1,3,5-9H2;2*1H. The zero-order valence-electron chi connectivity index (χ0n) is 9.98. The molecule has 2 N–H and O–H groups in total. The van der Waals surface area contributed by atoms with Gasteiger partial charge in [-0.05, 0) is 51.0 Å². The number of hydrogen-bond donors (Lipinski definition) is 2. The van der Waals surface area contributed by atoms with Gasteiger partial charge in [0.15, 0.2) is 0 Å². The highest BCUT2D eigenvalue weighted by Crippen LogP contribution is 2.04. The third-order valence-corrected chi connectivity index (χ3v) is 2.95. The van der Waals surface area contributed by atoms with Crippen molar-refractivity contribution in [3.8, 4) is 0 Å². The van der Waals surface area contributed by atoms with E-state index in [1.165, 1.54) is 12.8 Å². The second kappa shape index (κ2) is 9.77. The molecule has 1 aromatic heterocycles. The summed E-state index contributed by atoms with van der Waals surface area (Å²) in [6.07, 6.45) is 6.49. The van der Waals surface area contributed by atoms with Gasteiger partial charge in [-0.1, -0.05) is 0 Å². The Morgan fingerprint density at radius 2 is 2.06 bits per heavy atom. The van der Waals surface area contributed by atoms with E-state index in [0.717, 1.165) is 44.3 Å². The minimum Gasteiger partial charge on any atom is -0.469 e. The molecular formula is C12H22Cl2N2O. The monoisotopic (exact) mass is 280 g/mol. The van der Waals surface area contributed by atoms with E-state index in [-0.39, 0.29) is 24.8 Å². The van der Waals surface area contributed by atoms with Gasteiger partial charge in [0.1, 0.15) is 5.76 Å². The van der Waals surface area contributed by atoms with Crippen LogP contribution in [0.3, 0.4) is 0 Å². The molecule has 3 nitrogen and oxygen atoms in total. The average molecular weight is 281 g/mol. The molecule has 1 saturated heterocycles. The molecule has 0 amide bonds. The summed E-state index contributed by atoms with van der Waals surface area (Å²) in [4.78, 5) is 0. The van der Waals surface area contributed by atoms with Crippen LogP contribution in [0.5, 0.6) is 0 Å². The predicted molar refractivity (Wildman–Crippen MR) is 75.4 cm³/mol. The van der Waals surface area contributed by atoms with E-state index >= 15 is 0 Å². The number of aryl methyl sites for hydroxylation is 1. The van der Waals surface area contributed by atoms with Crippen LogP contribution in [0.1, 0.15) is 25.0 Å². The topological polar surface area (TPSA) is 37.2 Å². The van der Waals surface area contributed by atoms with Crippen LogP contribution in [0.25, 0.3) is 0 Å². The quantitative estimate of drug-likeness (QED) is 0.814. The van der Waals surface area contributed by atoms with Crippen molar-refractivity contribution in [2.24, 2.45) is 0 Å². The SMILES string of the molecule is Cl.Cl.c1coc(CCCNC2CCNCC2)c1. The van der Waals surface area contributed by atoms with Crippen molar-refractivity contribution in [3.05, 3.63) is 24.2 Å². The van der Waals surface area contributed by atoms with Crippen LogP contribution < -0.4 is 10.6 Å². The first-order chi connectivity index (χ1) is 7.45. The van der Waals surface area contributed by atoms with E-state index in [0.29, 0.717) is 0 Å². The number of hydrogen-bond acceptors (Lipinski definition) is 3. The second-order valence-electron chi connectivity index (χ2n) is 4.16. The van der Waals surface area contributed by atoms with Gasteiger partial charge >= 0.3 is 0 Å². The van der Waals surface area contributed by atoms with Gasteiger partial charge in [-0.15, -0.1) is 24.8 Å². The Kier molecular flexibility index (Phi) is 9.65. The Balaban J connectivity index is 0.00000128. The summed E-state index contributed by atoms with van der Waals surface area (Å²) >= 11 is 0. The molecule has 0 saturated carbocycles. The Hall–Kier alpha value is -0.220. The van der Waals surface area contributed by atoms with Gasteiger partial charge in [-0.25, -0.2) is 0 Å². The largest absolute Gasteiger partial charge is 0.469 e. The lowest BCUT2D eigenvalue weighted by Gasteiger charge is -2.23. The van der Waals surface area contributed by atoms with Gasteiger partial charge in [-0.2, -0.15) is 0 Å². The molecule has 17 heavy (non-hydrogen) atoms. The fourth-order valence-corrected chi connectivity index (χ4v) is 2.05. The zero-order chi connectivity index (χ0) is 10.3. The van der Waals surface area contributed by atoms with Gasteiger partial charge in [0, 0.05) is 12.5 Å². The fraction of sp³-hybridized carbons (Fsp3) is 0.667. The van der Waals surface area contributed by atoms with Crippen molar-refractivity contribution in [1.82, 2.24) is 10.6 Å². The predicted octanol–water partition coefficient (Wildman–Crippen LogP) is 2.40. The molecule has 0 radical (unpaired) electrons. The number of piperidine rings is 1. The van der Waals surface area contributed by atoms with E-state index in [4.69, 9.17) is 4.42 Å². The molecule has 0 atom stereocenters. The maximum Gasteiger partial charge on any atom is 0.103 e. The van der Waals surface area contributed by atoms with Crippen molar-refractivity contribution in [1.29, 1.82) is 0 Å². The van der Waals surface area contributed by atoms with Gasteiger partial charge in [0.05, 0.1) is 6.26 Å². The molecule has 0 spiro atoms. The first kappa shape index (κ1) is 16.8. The lowest BCUT2D eigenvalue weighted by atomic mass is 10.1. The summed E-state index contributed by atoms with van der Waals surface area (Å²) in [6, 6.07) is 4.72. The Morgan fingerprint density at radius 1 is 1.29 bits per heavy atom. The Labute approximate surface area is 116 Å². The van der Waals surface area contributed by atoms with E-state index in [1.54, 1.807) is 6.26 Å². The van der Waals surface area contributed by atoms with Gasteiger partial charge in [-0.3, -0.25) is 0 Å². The lowest BCUT2D eigenvalue weighted by Crippen LogP contribution is -2.40. The molecule has 0 aromatic carbocycles.